The van der Waals surface area contributed by atoms with E-state index in [-0.39, 0.29) is 29.7 Å². The number of nitrogens with one attached hydrogen (secondary N) is 2. The van der Waals surface area contributed by atoms with E-state index in [1.54, 1.807) is 28.9 Å². The quantitative estimate of drug-likeness (QED) is 0.695. The van der Waals surface area contributed by atoms with Crippen LogP contribution < -0.4 is 26.2 Å². The third-order valence-electron chi connectivity index (χ3n) is 5.85. The molecule has 0 bridgehead atoms. The minimum Gasteiger partial charge on any atom is -0.459 e. The predicted molar refractivity (Wildman–Crippen MR) is 115 cm³/mol. The number of furan rings is 1. The number of carbonyl (C=O) groups excluding carboxylic acids is 2. The summed E-state index contributed by atoms with van der Waals surface area (Å²) in [6, 6.07) is 8.84. The van der Waals surface area contributed by atoms with Crippen LogP contribution >= 0.6 is 0 Å². The van der Waals surface area contributed by atoms with Crippen LogP contribution in [0.25, 0.3) is 0 Å². The lowest BCUT2D eigenvalue weighted by atomic mass is 9.98. The number of rotatable bonds is 5. The molecule has 0 spiro atoms. The topological polar surface area (TPSA) is 104 Å². The average molecular weight is 412 g/mol. The third kappa shape index (κ3) is 3.98. The lowest BCUT2D eigenvalue weighted by Crippen LogP contribution is -2.51. The summed E-state index contributed by atoms with van der Waals surface area (Å²) in [5.74, 6) is 0.00293. The summed E-state index contributed by atoms with van der Waals surface area (Å²) >= 11 is 0. The van der Waals surface area contributed by atoms with Crippen LogP contribution in [0.2, 0.25) is 0 Å². The van der Waals surface area contributed by atoms with Gasteiger partial charge < -0.3 is 30.6 Å². The fourth-order valence-corrected chi connectivity index (χ4v) is 4.36. The molecule has 2 atom stereocenters. The highest BCUT2D eigenvalue weighted by molar-refractivity contribution is 6.09. The molecule has 4 N–H and O–H groups in total. The molecule has 0 radical (unpaired) electrons. The third-order valence-corrected chi connectivity index (χ3v) is 5.85. The molecule has 30 heavy (non-hydrogen) atoms. The Balaban J connectivity index is 1.64. The molecule has 0 aliphatic carbocycles. The number of amides is 2. The molecule has 2 aliphatic rings. The number of nitrogens with two attached hydrogens (primary N) is 1. The Morgan fingerprint density at radius 1 is 1.23 bits per heavy atom. The van der Waals surface area contributed by atoms with Crippen LogP contribution in [0.1, 0.15) is 48.8 Å². The van der Waals surface area contributed by atoms with Gasteiger partial charge in [0.25, 0.3) is 5.91 Å². The van der Waals surface area contributed by atoms with Gasteiger partial charge in [0, 0.05) is 32.6 Å². The lowest BCUT2D eigenvalue weighted by Gasteiger charge is -2.40. The molecule has 1 unspecified atom stereocenters. The van der Waals surface area contributed by atoms with Crippen molar-refractivity contribution in [2.75, 3.05) is 29.4 Å². The average Bonchev–Trinajstić information content (AvgIpc) is 3.44. The van der Waals surface area contributed by atoms with Gasteiger partial charge in [0.1, 0.15) is 0 Å². The van der Waals surface area contributed by atoms with Crippen molar-refractivity contribution in [3.8, 4) is 0 Å². The molecule has 1 fully saturated rings. The van der Waals surface area contributed by atoms with Crippen LogP contribution in [0.5, 0.6) is 0 Å². The summed E-state index contributed by atoms with van der Waals surface area (Å²) < 4.78 is 5.34. The number of hydrogen-bond acceptors (Lipinski definition) is 6. The molecule has 4 rings (SSSR count). The van der Waals surface area contributed by atoms with Gasteiger partial charge in [0.05, 0.1) is 29.8 Å². The molecule has 1 saturated heterocycles. The van der Waals surface area contributed by atoms with Gasteiger partial charge >= 0.3 is 0 Å². The first-order chi connectivity index (χ1) is 14.5. The van der Waals surface area contributed by atoms with E-state index in [9.17, 15) is 9.59 Å². The van der Waals surface area contributed by atoms with Crippen molar-refractivity contribution in [2.24, 2.45) is 5.73 Å². The maximum absolute atomic E-state index is 13.1. The molecule has 8 nitrogen and oxygen atoms in total. The molecule has 0 saturated carbocycles. The van der Waals surface area contributed by atoms with Crippen molar-refractivity contribution in [3.63, 3.8) is 0 Å². The minimum atomic E-state index is -0.221. The molecule has 160 valence electrons. The zero-order chi connectivity index (χ0) is 21.3. The van der Waals surface area contributed by atoms with Gasteiger partial charge in [-0.3, -0.25) is 9.59 Å². The predicted octanol–water partition coefficient (Wildman–Crippen LogP) is 1.98. The highest BCUT2D eigenvalue weighted by Crippen LogP contribution is 2.38. The van der Waals surface area contributed by atoms with Gasteiger partial charge in [-0.05, 0) is 49.6 Å². The number of hydrogen-bond donors (Lipinski definition) is 3. The standard InChI is InChI=1S/C22H29N5O3/c1-14-13-26(22(29)20-4-3-11-30-20)19-12-16(5-7-18(19)27(14)15(2)28)17(23)6-8-21-24-9-10-25-21/h3-5,7,11-12,14,17,21,24-25H,6,8-10,13,23H2,1-2H3/t14-,17?/m0/s1. The van der Waals surface area contributed by atoms with E-state index < -0.39 is 0 Å². The van der Waals surface area contributed by atoms with Gasteiger partial charge in [0.15, 0.2) is 5.76 Å². The maximum atomic E-state index is 13.1. The van der Waals surface area contributed by atoms with Crippen LogP contribution in [-0.2, 0) is 4.79 Å². The first-order valence-corrected chi connectivity index (χ1v) is 10.5. The smallest absolute Gasteiger partial charge is 0.294 e. The van der Waals surface area contributed by atoms with Gasteiger partial charge in [-0.1, -0.05) is 6.07 Å². The summed E-state index contributed by atoms with van der Waals surface area (Å²) in [6.07, 6.45) is 3.51. The molecule has 1 aromatic heterocycles. The summed E-state index contributed by atoms with van der Waals surface area (Å²) in [7, 11) is 0. The molecular formula is C22H29N5O3. The second-order valence-corrected chi connectivity index (χ2v) is 8.02. The Bertz CT molecular complexity index is 908. The summed E-state index contributed by atoms with van der Waals surface area (Å²) in [5.41, 5.74) is 8.84. The van der Waals surface area contributed by atoms with Gasteiger partial charge in [-0.15, -0.1) is 0 Å². The van der Waals surface area contributed by atoms with Crippen LogP contribution in [0.4, 0.5) is 11.4 Å². The van der Waals surface area contributed by atoms with Crippen LogP contribution in [0.3, 0.4) is 0 Å². The zero-order valence-corrected chi connectivity index (χ0v) is 17.4. The van der Waals surface area contributed by atoms with Gasteiger partial charge in [-0.25, -0.2) is 0 Å². The van der Waals surface area contributed by atoms with E-state index in [2.05, 4.69) is 10.6 Å². The molecule has 2 amide bonds. The minimum absolute atomic E-state index is 0.0516. The van der Waals surface area contributed by atoms with E-state index in [1.807, 2.05) is 25.1 Å². The van der Waals surface area contributed by atoms with Crippen molar-refractivity contribution in [2.45, 2.75) is 44.9 Å². The summed E-state index contributed by atoms with van der Waals surface area (Å²) in [4.78, 5) is 28.8. The van der Waals surface area contributed by atoms with Crippen LogP contribution in [0, 0.1) is 0 Å². The largest absolute Gasteiger partial charge is 0.459 e. The molecule has 2 aromatic rings. The van der Waals surface area contributed by atoms with Crippen molar-refractivity contribution < 1.29 is 14.0 Å². The fourth-order valence-electron chi connectivity index (χ4n) is 4.36. The maximum Gasteiger partial charge on any atom is 0.294 e. The number of carbonyl (C=O) groups is 2. The first kappa shape index (κ1) is 20.6. The normalized spacial score (nSPS) is 20.3. The number of benzene rings is 1. The number of nitrogens with zero attached hydrogens (tertiary/aromatic N) is 2. The van der Waals surface area contributed by atoms with Crippen molar-refractivity contribution >= 4 is 23.2 Å². The first-order valence-electron chi connectivity index (χ1n) is 10.5. The van der Waals surface area contributed by atoms with E-state index >= 15 is 0 Å². The van der Waals surface area contributed by atoms with Crippen molar-refractivity contribution in [3.05, 3.63) is 47.9 Å². The Morgan fingerprint density at radius 2 is 2.00 bits per heavy atom. The SMILES string of the molecule is CC(=O)N1c2ccc(C(N)CCC3NCCN3)cc2N(C(=O)c2ccco2)C[C@@H]1C. The Kier molecular flexibility index (Phi) is 5.90. The van der Waals surface area contributed by atoms with Crippen molar-refractivity contribution in [1.82, 2.24) is 10.6 Å². The van der Waals surface area contributed by atoms with E-state index in [4.69, 9.17) is 10.2 Å². The summed E-state index contributed by atoms with van der Waals surface area (Å²) in [6.45, 7) is 5.82. The number of fused-ring (bicyclic) bond motifs is 1. The highest BCUT2D eigenvalue weighted by Gasteiger charge is 2.35. The molecule has 1 aromatic carbocycles. The Morgan fingerprint density at radius 3 is 2.67 bits per heavy atom. The fraction of sp³-hybridized carbons (Fsp3) is 0.455. The molecule has 3 heterocycles. The Hall–Kier alpha value is -2.68. The molecular weight excluding hydrogens is 382 g/mol. The molecule has 8 heteroatoms. The lowest BCUT2D eigenvalue weighted by molar-refractivity contribution is -0.117. The van der Waals surface area contributed by atoms with Crippen LogP contribution in [0.15, 0.2) is 41.0 Å². The van der Waals surface area contributed by atoms with E-state index in [1.165, 1.54) is 6.26 Å². The van der Waals surface area contributed by atoms with Gasteiger partial charge in [0.2, 0.25) is 5.91 Å². The van der Waals surface area contributed by atoms with Crippen molar-refractivity contribution in [1.29, 1.82) is 0 Å². The van der Waals surface area contributed by atoms with Crippen LogP contribution in [-0.4, -0.2) is 43.7 Å². The highest BCUT2D eigenvalue weighted by atomic mass is 16.3. The van der Waals surface area contributed by atoms with Gasteiger partial charge in [-0.2, -0.15) is 0 Å². The zero-order valence-electron chi connectivity index (χ0n) is 17.4. The van der Waals surface area contributed by atoms with E-state index in [0.29, 0.717) is 18.4 Å². The monoisotopic (exact) mass is 411 g/mol. The summed E-state index contributed by atoms with van der Waals surface area (Å²) in [5, 5.41) is 6.80. The Labute approximate surface area is 176 Å². The van der Waals surface area contributed by atoms with E-state index in [0.717, 1.165) is 37.2 Å². The second kappa shape index (κ2) is 8.59. The molecule has 2 aliphatic heterocycles. The second-order valence-electron chi connectivity index (χ2n) is 8.02. The number of anilines is 2.